The van der Waals surface area contributed by atoms with Crippen LogP contribution in [0.15, 0.2) is 41.2 Å². The first kappa shape index (κ1) is 16.6. The van der Waals surface area contributed by atoms with Gasteiger partial charge in [0.1, 0.15) is 0 Å². The van der Waals surface area contributed by atoms with Gasteiger partial charge in [0.15, 0.2) is 0 Å². The van der Waals surface area contributed by atoms with E-state index in [0.717, 1.165) is 44.0 Å². The first-order chi connectivity index (χ1) is 13.3. The Morgan fingerprint density at radius 1 is 1.00 bits per heavy atom. The van der Waals surface area contributed by atoms with Crippen molar-refractivity contribution < 1.29 is 14.0 Å². The molecule has 0 unspecified atom stereocenters. The van der Waals surface area contributed by atoms with Crippen molar-refractivity contribution in [2.24, 2.45) is 0 Å². The highest BCUT2D eigenvalue weighted by molar-refractivity contribution is 5.59. The Morgan fingerprint density at radius 2 is 1.81 bits per heavy atom. The van der Waals surface area contributed by atoms with Gasteiger partial charge < -0.3 is 14.0 Å². The van der Waals surface area contributed by atoms with Crippen molar-refractivity contribution in [1.82, 2.24) is 24.8 Å². The molecule has 3 aromatic rings. The standard InChI is InChI=1S/C19H21N5O3/c1-3-15(4-2-14(1)10-23-5-7-25-8-6-23)18-21-19(27-22-18)16-9-20-24(11-16)17-12-26-13-17/h1-4,9,11,17H,5-8,10,12-13H2. The van der Waals surface area contributed by atoms with Crippen LogP contribution in [-0.2, 0) is 16.0 Å². The topological polar surface area (TPSA) is 78.4 Å². The molecule has 4 heterocycles. The molecule has 27 heavy (non-hydrogen) atoms. The maximum Gasteiger partial charge on any atom is 0.261 e. The maximum atomic E-state index is 5.43. The van der Waals surface area contributed by atoms with Gasteiger partial charge >= 0.3 is 0 Å². The summed E-state index contributed by atoms with van der Waals surface area (Å²) in [6, 6.07) is 8.63. The highest BCUT2D eigenvalue weighted by Gasteiger charge is 2.22. The van der Waals surface area contributed by atoms with Crippen LogP contribution in [-0.4, -0.2) is 64.3 Å². The number of morpholine rings is 1. The Bertz CT molecular complexity index is 894. The second-order valence-electron chi connectivity index (χ2n) is 6.91. The molecule has 8 heteroatoms. The van der Waals surface area contributed by atoms with Gasteiger partial charge in [0, 0.05) is 31.4 Å². The van der Waals surface area contributed by atoms with Crippen molar-refractivity contribution in [2.75, 3.05) is 39.5 Å². The normalized spacial score (nSPS) is 18.5. The monoisotopic (exact) mass is 367 g/mol. The summed E-state index contributed by atoms with van der Waals surface area (Å²) in [6.45, 7) is 5.93. The van der Waals surface area contributed by atoms with Gasteiger partial charge in [0.05, 0.1) is 44.2 Å². The number of hydrogen-bond acceptors (Lipinski definition) is 7. The van der Waals surface area contributed by atoms with Crippen molar-refractivity contribution in [3.8, 4) is 22.8 Å². The summed E-state index contributed by atoms with van der Waals surface area (Å²) in [6.07, 6.45) is 3.68. The van der Waals surface area contributed by atoms with Crippen LogP contribution in [0.25, 0.3) is 22.8 Å². The zero-order valence-corrected chi connectivity index (χ0v) is 15.0. The molecule has 2 aliphatic heterocycles. The van der Waals surface area contributed by atoms with Crippen molar-refractivity contribution in [3.63, 3.8) is 0 Å². The lowest BCUT2D eigenvalue weighted by molar-refractivity contribution is -0.0286. The Morgan fingerprint density at radius 3 is 2.56 bits per heavy atom. The number of rotatable bonds is 5. The Kier molecular flexibility index (Phi) is 4.44. The highest BCUT2D eigenvalue weighted by Crippen LogP contribution is 2.24. The highest BCUT2D eigenvalue weighted by atomic mass is 16.5. The van der Waals surface area contributed by atoms with Crippen LogP contribution in [0.2, 0.25) is 0 Å². The third-order valence-corrected chi connectivity index (χ3v) is 4.99. The molecule has 5 rings (SSSR count). The van der Waals surface area contributed by atoms with Crippen molar-refractivity contribution >= 4 is 0 Å². The van der Waals surface area contributed by atoms with Gasteiger partial charge in [0.2, 0.25) is 5.82 Å². The summed E-state index contributed by atoms with van der Waals surface area (Å²) in [4.78, 5) is 6.92. The minimum Gasteiger partial charge on any atom is -0.379 e. The first-order valence-electron chi connectivity index (χ1n) is 9.20. The van der Waals surface area contributed by atoms with Gasteiger partial charge in [-0.3, -0.25) is 9.58 Å². The summed E-state index contributed by atoms with van der Waals surface area (Å²) in [7, 11) is 0. The minimum absolute atomic E-state index is 0.306. The Labute approximate surface area is 156 Å². The number of benzene rings is 1. The van der Waals surface area contributed by atoms with E-state index in [0.29, 0.717) is 31.0 Å². The lowest BCUT2D eigenvalue weighted by Crippen LogP contribution is -2.35. The van der Waals surface area contributed by atoms with Crippen LogP contribution < -0.4 is 0 Å². The first-order valence-corrected chi connectivity index (χ1v) is 9.20. The number of ether oxygens (including phenoxy) is 2. The maximum absolute atomic E-state index is 5.43. The zero-order valence-electron chi connectivity index (χ0n) is 15.0. The predicted molar refractivity (Wildman–Crippen MR) is 96.9 cm³/mol. The SMILES string of the molecule is c1cc(-c2noc(-c3cnn(C4COC4)c3)n2)ccc1CN1CCOCC1. The second kappa shape index (κ2) is 7.22. The van der Waals surface area contributed by atoms with Crippen molar-refractivity contribution in [1.29, 1.82) is 0 Å². The fourth-order valence-electron chi connectivity index (χ4n) is 3.26. The minimum atomic E-state index is 0.306. The van der Waals surface area contributed by atoms with E-state index in [9.17, 15) is 0 Å². The van der Waals surface area contributed by atoms with Crippen LogP contribution in [0, 0.1) is 0 Å². The van der Waals surface area contributed by atoms with Crippen LogP contribution in [0.4, 0.5) is 0 Å². The molecule has 140 valence electrons. The van der Waals surface area contributed by atoms with Gasteiger partial charge in [-0.1, -0.05) is 29.4 Å². The van der Waals surface area contributed by atoms with E-state index in [1.54, 1.807) is 6.20 Å². The Hall–Kier alpha value is -2.55. The second-order valence-corrected chi connectivity index (χ2v) is 6.91. The molecule has 0 aliphatic carbocycles. The molecule has 0 radical (unpaired) electrons. The van der Waals surface area contributed by atoms with E-state index in [2.05, 4.69) is 32.3 Å². The number of nitrogens with zero attached hydrogens (tertiary/aromatic N) is 5. The molecular weight excluding hydrogens is 346 g/mol. The van der Waals surface area contributed by atoms with E-state index < -0.39 is 0 Å². The van der Waals surface area contributed by atoms with E-state index in [4.69, 9.17) is 14.0 Å². The lowest BCUT2D eigenvalue weighted by atomic mass is 10.1. The smallest absolute Gasteiger partial charge is 0.261 e. The molecule has 0 amide bonds. The average molecular weight is 367 g/mol. The number of hydrogen-bond donors (Lipinski definition) is 0. The molecular formula is C19H21N5O3. The van der Waals surface area contributed by atoms with Gasteiger partial charge in [-0.05, 0) is 5.56 Å². The van der Waals surface area contributed by atoms with E-state index in [1.807, 2.05) is 23.0 Å². The third-order valence-electron chi connectivity index (χ3n) is 4.99. The Balaban J connectivity index is 1.28. The molecule has 2 saturated heterocycles. The van der Waals surface area contributed by atoms with E-state index >= 15 is 0 Å². The molecule has 2 aliphatic rings. The van der Waals surface area contributed by atoms with Crippen LogP contribution >= 0.6 is 0 Å². The van der Waals surface area contributed by atoms with Gasteiger partial charge in [-0.15, -0.1) is 0 Å². The van der Waals surface area contributed by atoms with Gasteiger partial charge in [0.25, 0.3) is 5.89 Å². The van der Waals surface area contributed by atoms with Gasteiger partial charge in [-0.2, -0.15) is 10.1 Å². The van der Waals surface area contributed by atoms with Gasteiger partial charge in [-0.25, -0.2) is 0 Å². The summed E-state index contributed by atoms with van der Waals surface area (Å²) in [5.41, 5.74) is 3.04. The predicted octanol–water partition coefficient (Wildman–Crippen LogP) is 2.00. The summed E-state index contributed by atoms with van der Waals surface area (Å²) >= 11 is 0. The van der Waals surface area contributed by atoms with Crippen molar-refractivity contribution in [2.45, 2.75) is 12.6 Å². The average Bonchev–Trinajstić information content (AvgIpc) is 3.32. The molecule has 0 N–H and O–H groups in total. The van der Waals surface area contributed by atoms with E-state index in [-0.39, 0.29) is 0 Å². The van der Waals surface area contributed by atoms with E-state index in [1.165, 1.54) is 5.56 Å². The molecule has 8 nitrogen and oxygen atoms in total. The summed E-state index contributed by atoms with van der Waals surface area (Å²) < 4.78 is 17.9. The molecule has 2 aromatic heterocycles. The molecule has 0 atom stereocenters. The molecule has 0 spiro atoms. The quantitative estimate of drug-likeness (QED) is 0.682. The van der Waals surface area contributed by atoms with Crippen LogP contribution in [0.3, 0.4) is 0 Å². The summed E-state index contributed by atoms with van der Waals surface area (Å²) in [5, 5.41) is 8.48. The molecule has 2 fully saturated rings. The largest absolute Gasteiger partial charge is 0.379 e. The fraction of sp³-hybridized carbons (Fsp3) is 0.421. The summed E-state index contributed by atoms with van der Waals surface area (Å²) in [5.74, 6) is 1.07. The van der Waals surface area contributed by atoms with Crippen LogP contribution in [0.1, 0.15) is 11.6 Å². The molecule has 0 saturated carbocycles. The third kappa shape index (κ3) is 3.51. The molecule has 0 bridgehead atoms. The molecule has 1 aromatic carbocycles. The number of aromatic nitrogens is 4. The van der Waals surface area contributed by atoms with Crippen molar-refractivity contribution in [3.05, 3.63) is 42.2 Å². The zero-order chi connectivity index (χ0) is 18.1. The lowest BCUT2D eigenvalue weighted by Gasteiger charge is -2.26. The van der Waals surface area contributed by atoms with Crippen LogP contribution in [0.5, 0.6) is 0 Å². The fourth-order valence-corrected chi connectivity index (χ4v) is 3.26.